The minimum Gasteiger partial charge on any atom is -0.481 e. The summed E-state index contributed by atoms with van der Waals surface area (Å²) in [7, 11) is 0. The number of carbonyl (C=O) groups excluding carboxylic acids is 2. The van der Waals surface area contributed by atoms with Crippen LogP contribution in [-0.4, -0.2) is 46.4 Å². The Bertz CT molecular complexity index is 681. The second-order valence-electron chi connectivity index (χ2n) is 8.27. The van der Waals surface area contributed by atoms with Crippen molar-refractivity contribution in [3.63, 3.8) is 0 Å². The summed E-state index contributed by atoms with van der Waals surface area (Å²) in [6.45, 7) is 6.76. The van der Waals surface area contributed by atoms with Gasteiger partial charge >= 0.3 is 5.97 Å². The Kier molecular flexibility index (Phi) is 7.61. The number of rotatable bonds is 8. The van der Waals surface area contributed by atoms with Gasteiger partial charge in [0, 0.05) is 31.0 Å². The fraction of sp³-hybridized carbons (Fsp3) is 0.591. The number of hydrogen-bond acceptors (Lipinski definition) is 3. The van der Waals surface area contributed by atoms with Gasteiger partial charge in [-0.2, -0.15) is 0 Å². The first-order chi connectivity index (χ1) is 13.2. The fourth-order valence-corrected chi connectivity index (χ4v) is 3.54. The largest absolute Gasteiger partial charge is 0.481 e. The van der Waals surface area contributed by atoms with Gasteiger partial charge in [0.1, 0.15) is 0 Å². The van der Waals surface area contributed by atoms with Crippen LogP contribution >= 0.6 is 0 Å². The summed E-state index contributed by atoms with van der Waals surface area (Å²) >= 11 is 0. The Morgan fingerprint density at radius 3 is 2.32 bits per heavy atom. The maximum atomic E-state index is 12.7. The third kappa shape index (κ3) is 6.08. The molecule has 1 atom stereocenters. The topological polar surface area (TPSA) is 86.7 Å². The van der Waals surface area contributed by atoms with Gasteiger partial charge in [0.05, 0.1) is 6.42 Å². The molecular weight excluding hydrogens is 356 g/mol. The number of carbonyl (C=O) groups is 3. The number of aliphatic carboxylic acids is 1. The number of carboxylic acids is 1. The number of nitrogens with zero attached hydrogens (tertiary/aromatic N) is 1. The third-order valence-corrected chi connectivity index (χ3v) is 5.89. The highest BCUT2D eigenvalue weighted by Gasteiger charge is 2.36. The van der Waals surface area contributed by atoms with Gasteiger partial charge in [0.25, 0.3) is 0 Å². The molecular formula is C22H32N2O4. The van der Waals surface area contributed by atoms with Gasteiger partial charge < -0.3 is 15.3 Å². The van der Waals surface area contributed by atoms with Crippen molar-refractivity contribution < 1.29 is 19.5 Å². The van der Waals surface area contributed by atoms with Gasteiger partial charge in [-0.3, -0.25) is 14.4 Å². The third-order valence-electron chi connectivity index (χ3n) is 5.89. The van der Waals surface area contributed by atoms with Crippen molar-refractivity contribution in [3.8, 4) is 0 Å². The van der Waals surface area contributed by atoms with Crippen molar-refractivity contribution >= 4 is 17.8 Å². The highest BCUT2D eigenvalue weighted by molar-refractivity contribution is 5.81. The molecule has 2 amide bonds. The van der Waals surface area contributed by atoms with Gasteiger partial charge in [-0.15, -0.1) is 0 Å². The predicted octanol–water partition coefficient (Wildman–Crippen LogP) is 2.86. The molecule has 2 rings (SSSR count). The van der Waals surface area contributed by atoms with Crippen LogP contribution in [0.1, 0.15) is 52.0 Å². The van der Waals surface area contributed by atoms with Crippen LogP contribution in [0.25, 0.3) is 0 Å². The van der Waals surface area contributed by atoms with E-state index in [1.54, 1.807) is 6.92 Å². The molecule has 154 valence electrons. The first-order valence-electron chi connectivity index (χ1n) is 10.1. The molecule has 1 aromatic rings. The average Bonchev–Trinajstić information content (AvgIpc) is 2.66. The van der Waals surface area contributed by atoms with Gasteiger partial charge in [0.15, 0.2) is 0 Å². The number of likely N-dealkylation sites (tertiary alicyclic amines) is 1. The maximum Gasteiger partial charge on any atom is 0.305 e. The number of nitrogens with one attached hydrogen (secondary N) is 1. The molecule has 1 aliphatic rings. The molecule has 0 aromatic heterocycles. The first-order valence-corrected chi connectivity index (χ1v) is 10.1. The van der Waals surface area contributed by atoms with Crippen molar-refractivity contribution in [2.45, 2.75) is 58.4 Å². The van der Waals surface area contributed by atoms with Gasteiger partial charge in [-0.25, -0.2) is 0 Å². The summed E-state index contributed by atoms with van der Waals surface area (Å²) in [5.74, 6) is -1.07. The molecule has 1 unspecified atom stereocenters. The quantitative estimate of drug-likeness (QED) is 0.717. The number of piperidine rings is 1. The summed E-state index contributed by atoms with van der Waals surface area (Å²) in [6, 6.07) is 9.94. The van der Waals surface area contributed by atoms with Crippen molar-refractivity contribution in [2.24, 2.45) is 11.8 Å². The second kappa shape index (κ2) is 9.71. The summed E-state index contributed by atoms with van der Waals surface area (Å²) < 4.78 is 0. The van der Waals surface area contributed by atoms with Crippen LogP contribution in [0.3, 0.4) is 0 Å². The fourth-order valence-electron chi connectivity index (χ4n) is 3.54. The monoisotopic (exact) mass is 388 g/mol. The summed E-state index contributed by atoms with van der Waals surface area (Å²) in [5.41, 5.74) is 0.377. The molecule has 0 saturated carbocycles. The van der Waals surface area contributed by atoms with E-state index in [2.05, 4.69) is 5.32 Å². The second-order valence-corrected chi connectivity index (χ2v) is 8.27. The van der Waals surface area contributed by atoms with Crippen LogP contribution in [0.2, 0.25) is 0 Å². The van der Waals surface area contributed by atoms with Crippen LogP contribution in [0.15, 0.2) is 30.3 Å². The lowest BCUT2D eigenvalue weighted by Crippen LogP contribution is -2.54. The summed E-state index contributed by atoms with van der Waals surface area (Å²) in [4.78, 5) is 38.1. The van der Waals surface area contributed by atoms with E-state index in [1.165, 1.54) is 0 Å². The minimum atomic E-state index is -0.921. The maximum absolute atomic E-state index is 12.7. The Morgan fingerprint density at radius 1 is 1.18 bits per heavy atom. The van der Waals surface area contributed by atoms with E-state index in [-0.39, 0.29) is 30.1 Å². The van der Waals surface area contributed by atoms with E-state index in [0.29, 0.717) is 32.4 Å². The van der Waals surface area contributed by atoms with E-state index in [1.807, 2.05) is 49.1 Å². The van der Waals surface area contributed by atoms with Crippen molar-refractivity contribution in [1.82, 2.24) is 10.2 Å². The molecule has 6 heteroatoms. The molecule has 2 N–H and O–H groups in total. The van der Waals surface area contributed by atoms with E-state index in [4.69, 9.17) is 5.11 Å². The highest BCUT2D eigenvalue weighted by Crippen LogP contribution is 2.24. The molecule has 1 saturated heterocycles. The average molecular weight is 389 g/mol. The number of hydrogen-bond donors (Lipinski definition) is 2. The van der Waals surface area contributed by atoms with E-state index in [9.17, 15) is 14.4 Å². The van der Waals surface area contributed by atoms with Crippen LogP contribution < -0.4 is 5.32 Å². The lowest BCUT2D eigenvalue weighted by atomic mass is 9.84. The Labute approximate surface area is 167 Å². The Hall–Kier alpha value is -2.37. The molecule has 0 spiro atoms. The number of aryl methyl sites for hydroxylation is 1. The first kappa shape index (κ1) is 21.9. The lowest BCUT2D eigenvalue weighted by Gasteiger charge is -2.37. The van der Waals surface area contributed by atoms with Crippen molar-refractivity contribution in [1.29, 1.82) is 0 Å². The summed E-state index contributed by atoms with van der Waals surface area (Å²) in [6.07, 6.45) is 2.33. The zero-order chi connectivity index (χ0) is 20.7. The van der Waals surface area contributed by atoms with Crippen LogP contribution in [0.5, 0.6) is 0 Å². The smallest absolute Gasteiger partial charge is 0.305 e. The molecule has 1 fully saturated rings. The van der Waals surface area contributed by atoms with Gasteiger partial charge in [-0.1, -0.05) is 44.2 Å². The van der Waals surface area contributed by atoms with Crippen LogP contribution in [0, 0.1) is 11.8 Å². The number of benzene rings is 1. The standard InChI is InChI=1S/C22H32N2O4/c1-16(2)22(3,15-20(26)27)23-21(28)18-11-13-24(14-12-18)19(25)10-9-17-7-5-4-6-8-17/h4-8,16,18H,9-15H2,1-3H3,(H,23,28)(H,26,27). The van der Waals surface area contributed by atoms with E-state index >= 15 is 0 Å². The molecule has 6 nitrogen and oxygen atoms in total. The molecule has 28 heavy (non-hydrogen) atoms. The van der Waals surface area contributed by atoms with Crippen LogP contribution in [-0.2, 0) is 20.8 Å². The summed E-state index contributed by atoms with van der Waals surface area (Å²) in [5, 5.41) is 12.1. The molecule has 0 bridgehead atoms. The van der Waals surface area contributed by atoms with E-state index in [0.717, 1.165) is 12.0 Å². The van der Waals surface area contributed by atoms with Gasteiger partial charge in [0.2, 0.25) is 11.8 Å². The Balaban J connectivity index is 1.82. The van der Waals surface area contributed by atoms with Gasteiger partial charge in [-0.05, 0) is 37.7 Å². The molecule has 0 radical (unpaired) electrons. The lowest BCUT2D eigenvalue weighted by molar-refractivity contribution is -0.141. The highest BCUT2D eigenvalue weighted by atomic mass is 16.4. The van der Waals surface area contributed by atoms with E-state index < -0.39 is 11.5 Å². The Morgan fingerprint density at radius 2 is 1.79 bits per heavy atom. The number of carboxylic acid groups (broad SMARTS) is 1. The van der Waals surface area contributed by atoms with Crippen molar-refractivity contribution in [2.75, 3.05) is 13.1 Å². The zero-order valence-electron chi connectivity index (χ0n) is 17.1. The molecule has 1 aliphatic heterocycles. The van der Waals surface area contributed by atoms with Crippen LogP contribution in [0.4, 0.5) is 0 Å². The zero-order valence-corrected chi connectivity index (χ0v) is 17.1. The minimum absolute atomic E-state index is 0.00667. The SMILES string of the molecule is CC(C)C(C)(CC(=O)O)NC(=O)C1CCN(C(=O)CCc2ccccc2)CC1. The van der Waals surface area contributed by atoms with Crippen molar-refractivity contribution in [3.05, 3.63) is 35.9 Å². The molecule has 1 heterocycles. The molecule has 0 aliphatic carbocycles. The predicted molar refractivity (Wildman–Crippen MR) is 108 cm³/mol. The molecule has 1 aromatic carbocycles. The number of amides is 2. The normalized spacial score (nSPS) is 17.2.